The molecule has 0 spiro atoms. The number of Topliss-reactive ketones (excluding diaryl/α,β-unsaturated/α-hetero) is 1. The molecule has 1 N–H and O–H groups in total. The fraction of sp³-hybridized carbons (Fsp3) is 0.208. The van der Waals surface area contributed by atoms with E-state index in [2.05, 4.69) is 21.1 Å². The number of carbonyl (C=O) groups is 2. The standard InChI is InChI=1S/C24H21BrN2O5/c1-13(2)31-18-9-7-15(8-10-18)22(28)20-21(16-5-4-6-17(25)12-16)27(24(30)23(20)29)19-11-14(3)32-26-19/h4-13,21,28H,1-3H3/b22-20+. The normalized spacial score (nSPS) is 17.9. The molecule has 0 bridgehead atoms. The number of halogens is 1. The predicted molar refractivity (Wildman–Crippen MR) is 122 cm³/mol. The molecule has 4 rings (SSSR count). The highest BCUT2D eigenvalue weighted by Crippen LogP contribution is 2.42. The molecule has 2 aromatic carbocycles. The number of aromatic nitrogens is 1. The van der Waals surface area contributed by atoms with Crippen molar-refractivity contribution in [3.05, 3.63) is 81.5 Å². The van der Waals surface area contributed by atoms with Crippen LogP contribution < -0.4 is 9.64 Å². The maximum atomic E-state index is 13.1. The quantitative estimate of drug-likeness (QED) is 0.298. The molecule has 1 aliphatic heterocycles. The minimum absolute atomic E-state index is 0.00205. The van der Waals surface area contributed by atoms with Crippen LogP contribution in [0.1, 0.15) is 36.8 Å². The van der Waals surface area contributed by atoms with E-state index in [9.17, 15) is 14.7 Å². The van der Waals surface area contributed by atoms with Crippen LogP contribution >= 0.6 is 15.9 Å². The van der Waals surface area contributed by atoms with Gasteiger partial charge in [0.1, 0.15) is 17.3 Å². The number of anilines is 1. The van der Waals surface area contributed by atoms with Crippen LogP contribution in [0.25, 0.3) is 5.76 Å². The van der Waals surface area contributed by atoms with E-state index in [1.54, 1.807) is 55.5 Å². The predicted octanol–water partition coefficient (Wildman–Crippen LogP) is 5.16. The van der Waals surface area contributed by atoms with Crippen molar-refractivity contribution in [2.24, 2.45) is 0 Å². The van der Waals surface area contributed by atoms with Gasteiger partial charge in [-0.05, 0) is 62.7 Å². The Labute approximate surface area is 193 Å². The summed E-state index contributed by atoms with van der Waals surface area (Å²) in [4.78, 5) is 27.4. The Morgan fingerprint density at radius 2 is 1.88 bits per heavy atom. The van der Waals surface area contributed by atoms with Crippen molar-refractivity contribution >= 4 is 39.2 Å². The number of hydrogen-bond acceptors (Lipinski definition) is 6. The van der Waals surface area contributed by atoms with E-state index in [-0.39, 0.29) is 23.3 Å². The molecule has 1 aliphatic rings. The summed E-state index contributed by atoms with van der Waals surface area (Å²) in [5.41, 5.74) is 1.02. The van der Waals surface area contributed by atoms with Gasteiger partial charge in [0, 0.05) is 16.1 Å². The number of benzene rings is 2. The number of nitrogens with zero attached hydrogens (tertiary/aromatic N) is 2. The van der Waals surface area contributed by atoms with Crippen molar-refractivity contribution in [2.75, 3.05) is 4.90 Å². The number of amides is 1. The Bertz CT molecular complexity index is 1210. The van der Waals surface area contributed by atoms with Gasteiger partial charge < -0.3 is 14.4 Å². The second kappa shape index (κ2) is 8.63. The molecule has 1 fully saturated rings. The maximum Gasteiger partial charge on any atom is 0.301 e. The van der Waals surface area contributed by atoms with Crippen molar-refractivity contribution < 1.29 is 24.0 Å². The molecule has 2 heterocycles. The highest BCUT2D eigenvalue weighted by atomic mass is 79.9. The minimum atomic E-state index is -0.872. The molecule has 8 heteroatoms. The molecule has 1 unspecified atom stereocenters. The summed E-state index contributed by atoms with van der Waals surface area (Å²) in [6.45, 7) is 5.53. The van der Waals surface area contributed by atoms with Gasteiger partial charge in [-0.25, -0.2) is 0 Å². The summed E-state index contributed by atoms with van der Waals surface area (Å²) in [5.74, 6) is -0.518. The van der Waals surface area contributed by atoms with Crippen LogP contribution in [0.5, 0.6) is 5.75 Å². The summed E-state index contributed by atoms with van der Waals surface area (Å²) in [7, 11) is 0. The number of aryl methyl sites for hydroxylation is 1. The SMILES string of the molecule is Cc1cc(N2C(=O)C(=O)/C(=C(/O)c3ccc(OC(C)C)cc3)C2c2cccc(Br)c2)no1. The number of rotatable bonds is 5. The third-order valence-electron chi connectivity index (χ3n) is 4.97. The van der Waals surface area contributed by atoms with Gasteiger partial charge in [0.25, 0.3) is 5.78 Å². The molecule has 0 aliphatic carbocycles. The fourth-order valence-corrected chi connectivity index (χ4v) is 4.06. The monoisotopic (exact) mass is 496 g/mol. The van der Waals surface area contributed by atoms with Gasteiger partial charge in [0.15, 0.2) is 5.82 Å². The zero-order valence-corrected chi connectivity index (χ0v) is 19.3. The van der Waals surface area contributed by atoms with E-state index in [0.29, 0.717) is 22.6 Å². The number of hydrogen-bond donors (Lipinski definition) is 1. The lowest BCUT2D eigenvalue weighted by Gasteiger charge is -2.23. The Balaban J connectivity index is 1.86. The largest absolute Gasteiger partial charge is 0.507 e. The fourth-order valence-electron chi connectivity index (χ4n) is 3.65. The second-order valence-corrected chi connectivity index (χ2v) is 8.63. The molecule has 1 aromatic heterocycles. The summed E-state index contributed by atoms with van der Waals surface area (Å²) in [6.07, 6.45) is 0.00205. The Morgan fingerprint density at radius 1 is 1.16 bits per heavy atom. The Hall–Kier alpha value is -3.39. The lowest BCUT2D eigenvalue weighted by Crippen LogP contribution is -2.29. The van der Waals surface area contributed by atoms with Gasteiger partial charge in [0.05, 0.1) is 17.7 Å². The lowest BCUT2D eigenvalue weighted by molar-refractivity contribution is -0.132. The lowest BCUT2D eigenvalue weighted by atomic mass is 9.95. The Kier molecular flexibility index (Phi) is 5.88. The van der Waals surface area contributed by atoms with Crippen LogP contribution in [0, 0.1) is 6.92 Å². The maximum absolute atomic E-state index is 13.1. The molecule has 0 saturated carbocycles. The van der Waals surface area contributed by atoms with Crippen molar-refractivity contribution in [1.29, 1.82) is 0 Å². The highest BCUT2D eigenvalue weighted by Gasteiger charge is 2.48. The molecule has 3 aromatic rings. The first-order chi connectivity index (χ1) is 15.3. The molecule has 1 saturated heterocycles. The summed E-state index contributed by atoms with van der Waals surface area (Å²) >= 11 is 3.43. The van der Waals surface area contributed by atoms with Crippen molar-refractivity contribution in [3.8, 4) is 5.75 Å². The van der Waals surface area contributed by atoms with Crippen molar-refractivity contribution in [3.63, 3.8) is 0 Å². The topological polar surface area (TPSA) is 92.9 Å². The minimum Gasteiger partial charge on any atom is -0.507 e. The second-order valence-electron chi connectivity index (χ2n) is 7.71. The van der Waals surface area contributed by atoms with E-state index < -0.39 is 17.7 Å². The third kappa shape index (κ3) is 4.05. The summed E-state index contributed by atoms with van der Waals surface area (Å²) < 4.78 is 11.5. The van der Waals surface area contributed by atoms with Gasteiger partial charge in [0.2, 0.25) is 0 Å². The highest BCUT2D eigenvalue weighted by molar-refractivity contribution is 9.10. The van der Waals surface area contributed by atoms with Crippen LogP contribution in [0.15, 0.2) is 69.2 Å². The molecule has 164 valence electrons. The van der Waals surface area contributed by atoms with Gasteiger partial charge in [-0.3, -0.25) is 14.5 Å². The first kappa shape index (κ1) is 21.8. The molecule has 0 radical (unpaired) electrons. The van der Waals surface area contributed by atoms with Crippen LogP contribution in [0.2, 0.25) is 0 Å². The zero-order valence-electron chi connectivity index (χ0n) is 17.7. The van der Waals surface area contributed by atoms with Crippen LogP contribution in [-0.2, 0) is 9.59 Å². The van der Waals surface area contributed by atoms with Crippen molar-refractivity contribution in [1.82, 2.24) is 5.16 Å². The van der Waals surface area contributed by atoms with E-state index in [0.717, 1.165) is 4.47 Å². The number of ketones is 1. The molecule has 32 heavy (non-hydrogen) atoms. The van der Waals surface area contributed by atoms with Crippen LogP contribution in [0.4, 0.5) is 5.82 Å². The van der Waals surface area contributed by atoms with Gasteiger partial charge in [-0.2, -0.15) is 0 Å². The van der Waals surface area contributed by atoms with E-state index in [1.165, 1.54) is 4.90 Å². The number of carbonyl (C=O) groups excluding carboxylic acids is 2. The van der Waals surface area contributed by atoms with Crippen LogP contribution in [-0.4, -0.2) is 28.1 Å². The van der Waals surface area contributed by atoms with Gasteiger partial charge in [-0.1, -0.05) is 33.2 Å². The summed E-state index contributed by atoms with van der Waals surface area (Å²) in [6, 6.07) is 14.6. The third-order valence-corrected chi connectivity index (χ3v) is 5.46. The molecule has 1 atom stereocenters. The van der Waals surface area contributed by atoms with E-state index >= 15 is 0 Å². The van der Waals surface area contributed by atoms with E-state index in [1.807, 2.05) is 19.9 Å². The first-order valence-electron chi connectivity index (χ1n) is 10.0. The van der Waals surface area contributed by atoms with Crippen LogP contribution in [0.3, 0.4) is 0 Å². The first-order valence-corrected chi connectivity index (χ1v) is 10.8. The Morgan fingerprint density at radius 3 is 2.47 bits per heavy atom. The summed E-state index contributed by atoms with van der Waals surface area (Å²) in [5, 5.41) is 15.1. The van der Waals surface area contributed by atoms with Crippen molar-refractivity contribution in [2.45, 2.75) is 32.9 Å². The number of ether oxygens (including phenoxy) is 1. The van der Waals surface area contributed by atoms with E-state index in [4.69, 9.17) is 9.26 Å². The number of aliphatic hydroxyl groups excluding tert-OH is 1. The molecule has 7 nitrogen and oxygen atoms in total. The molecular formula is C24H21BrN2O5. The van der Waals surface area contributed by atoms with Gasteiger partial charge >= 0.3 is 5.91 Å². The molecular weight excluding hydrogens is 476 g/mol. The average Bonchev–Trinajstić information content (AvgIpc) is 3.28. The molecule has 1 amide bonds. The van der Waals surface area contributed by atoms with Gasteiger partial charge in [-0.15, -0.1) is 0 Å². The zero-order chi connectivity index (χ0) is 23.0. The number of aliphatic hydroxyl groups is 1. The smallest absolute Gasteiger partial charge is 0.301 e. The average molecular weight is 497 g/mol.